The summed E-state index contributed by atoms with van der Waals surface area (Å²) >= 11 is 0. The van der Waals surface area contributed by atoms with Crippen molar-refractivity contribution in [2.24, 2.45) is 0 Å². The monoisotopic (exact) mass is 272 g/mol. The van der Waals surface area contributed by atoms with E-state index < -0.39 is 16.7 Å². The second kappa shape index (κ2) is 4.30. The zero-order chi connectivity index (χ0) is 14.3. The molecule has 1 aromatic carbocycles. The van der Waals surface area contributed by atoms with E-state index in [0.29, 0.717) is 5.76 Å². The lowest BCUT2D eigenvalue weighted by molar-refractivity contribution is -0.385. The predicted molar refractivity (Wildman–Crippen MR) is 66.0 cm³/mol. The van der Waals surface area contributed by atoms with Gasteiger partial charge in [0.15, 0.2) is 0 Å². The Morgan fingerprint density at radius 1 is 1.15 bits per heavy atom. The molecule has 7 nitrogen and oxygen atoms in total. The summed E-state index contributed by atoms with van der Waals surface area (Å²) in [5, 5.41) is 10.9. The number of rotatable bonds is 3. The molecule has 0 fully saturated rings. The van der Waals surface area contributed by atoms with E-state index in [4.69, 9.17) is 4.42 Å². The lowest BCUT2D eigenvalue weighted by Gasteiger charge is -2.11. The Labute approximate surface area is 112 Å². The Morgan fingerprint density at radius 3 is 2.60 bits per heavy atom. The SMILES string of the molecule is O=C1c2cccc([N+](=O)[O-])c2C(=O)N1Cc1ccco1. The molecule has 2 amide bonds. The Hall–Kier alpha value is -2.96. The second-order valence-corrected chi connectivity index (χ2v) is 4.23. The van der Waals surface area contributed by atoms with Crippen molar-refractivity contribution in [3.8, 4) is 0 Å². The number of imide groups is 1. The van der Waals surface area contributed by atoms with E-state index in [-0.39, 0.29) is 23.4 Å². The van der Waals surface area contributed by atoms with Crippen LogP contribution >= 0.6 is 0 Å². The molecule has 2 aromatic rings. The molecule has 0 bridgehead atoms. The molecule has 0 aliphatic carbocycles. The van der Waals surface area contributed by atoms with E-state index in [1.807, 2.05) is 0 Å². The van der Waals surface area contributed by atoms with Gasteiger partial charge in [-0.15, -0.1) is 0 Å². The average Bonchev–Trinajstić information content (AvgIpc) is 3.02. The largest absolute Gasteiger partial charge is 0.467 e. The molecular formula is C13H8N2O5. The molecule has 0 saturated heterocycles. The minimum absolute atomic E-state index is 0.0451. The van der Waals surface area contributed by atoms with Gasteiger partial charge in [0.1, 0.15) is 11.3 Å². The third-order valence-electron chi connectivity index (χ3n) is 3.07. The van der Waals surface area contributed by atoms with E-state index in [2.05, 4.69) is 0 Å². The number of nitro benzene ring substituents is 1. The third kappa shape index (κ3) is 1.68. The molecule has 0 saturated carbocycles. The van der Waals surface area contributed by atoms with Gasteiger partial charge < -0.3 is 4.42 Å². The highest BCUT2D eigenvalue weighted by molar-refractivity contribution is 6.23. The molecule has 0 spiro atoms. The molecule has 20 heavy (non-hydrogen) atoms. The Balaban J connectivity index is 2.04. The van der Waals surface area contributed by atoms with Gasteiger partial charge in [0.2, 0.25) is 0 Å². The van der Waals surface area contributed by atoms with Gasteiger partial charge in [-0.1, -0.05) is 6.07 Å². The lowest BCUT2D eigenvalue weighted by atomic mass is 10.1. The predicted octanol–water partition coefficient (Wildman–Crippen LogP) is 1.98. The number of hydrogen-bond acceptors (Lipinski definition) is 5. The second-order valence-electron chi connectivity index (χ2n) is 4.23. The number of nitro groups is 1. The first kappa shape index (κ1) is 12.1. The molecule has 1 aromatic heterocycles. The first-order valence-electron chi connectivity index (χ1n) is 5.75. The molecule has 2 heterocycles. The van der Waals surface area contributed by atoms with Gasteiger partial charge in [-0.3, -0.25) is 24.6 Å². The van der Waals surface area contributed by atoms with Crippen LogP contribution in [-0.4, -0.2) is 21.6 Å². The van der Waals surface area contributed by atoms with Crippen LogP contribution < -0.4 is 0 Å². The van der Waals surface area contributed by atoms with Crippen LogP contribution in [0.1, 0.15) is 26.5 Å². The summed E-state index contributed by atoms with van der Waals surface area (Å²) in [4.78, 5) is 35.6. The minimum atomic E-state index is -0.672. The standard InChI is InChI=1S/C13H8N2O5/c16-12-9-4-1-5-10(15(18)19)11(9)13(17)14(12)7-8-3-2-6-20-8/h1-6H,7H2. The van der Waals surface area contributed by atoms with Crippen molar-refractivity contribution in [3.63, 3.8) is 0 Å². The van der Waals surface area contributed by atoms with Gasteiger partial charge in [0.05, 0.1) is 23.3 Å². The van der Waals surface area contributed by atoms with Crippen molar-refractivity contribution in [3.05, 3.63) is 63.6 Å². The van der Waals surface area contributed by atoms with E-state index in [9.17, 15) is 19.7 Å². The summed E-state index contributed by atoms with van der Waals surface area (Å²) in [6.45, 7) is -0.0451. The number of carbonyl (C=O) groups is 2. The van der Waals surface area contributed by atoms with E-state index in [1.165, 1.54) is 24.5 Å². The van der Waals surface area contributed by atoms with Gasteiger partial charge in [-0.25, -0.2) is 0 Å². The fraction of sp³-hybridized carbons (Fsp3) is 0.0769. The number of hydrogen-bond donors (Lipinski definition) is 0. The van der Waals surface area contributed by atoms with Gasteiger partial charge >= 0.3 is 0 Å². The van der Waals surface area contributed by atoms with Crippen LogP contribution in [0.4, 0.5) is 5.69 Å². The topological polar surface area (TPSA) is 93.7 Å². The van der Waals surface area contributed by atoms with E-state index in [1.54, 1.807) is 12.1 Å². The van der Waals surface area contributed by atoms with Crippen LogP contribution in [0.25, 0.3) is 0 Å². The summed E-state index contributed by atoms with van der Waals surface area (Å²) < 4.78 is 5.09. The van der Waals surface area contributed by atoms with Gasteiger partial charge in [0, 0.05) is 6.07 Å². The Morgan fingerprint density at radius 2 is 1.95 bits per heavy atom. The number of furan rings is 1. The molecule has 0 atom stereocenters. The van der Waals surface area contributed by atoms with Crippen molar-refractivity contribution in [2.75, 3.05) is 0 Å². The van der Waals surface area contributed by atoms with Crippen molar-refractivity contribution in [1.82, 2.24) is 4.90 Å². The average molecular weight is 272 g/mol. The van der Waals surface area contributed by atoms with Crippen LogP contribution in [0.15, 0.2) is 41.0 Å². The number of carbonyl (C=O) groups excluding carboxylic acids is 2. The van der Waals surface area contributed by atoms with Gasteiger partial charge in [-0.05, 0) is 18.2 Å². The highest BCUT2D eigenvalue weighted by Gasteiger charge is 2.41. The van der Waals surface area contributed by atoms with Gasteiger partial charge in [-0.2, -0.15) is 0 Å². The smallest absolute Gasteiger partial charge is 0.282 e. The zero-order valence-corrected chi connectivity index (χ0v) is 10.1. The molecule has 1 aliphatic heterocycles. The summed E-state index contributed by atoms with van der Waals surface area (Å²) in [5.41, 5.74) is -0.465. The third-order valence-corrected chi connectivity index (χ3v) is 3.07. The fourth-order valence-electron chi connectivity index (χ4n) is 2.17. The first-order chi connectivity index (χ1) is 9.59. The first-order valence-corrected chi connectivity index (χ1v) is 5.75. The maximum absolute atomic E-state index is 12.2. The summed E-state index contributed by atoms with van der Waals surface area (Å²) in [7, 11) is 0. The number of benzene rings is 1. The zero-order valence-electron chi connectivity index (χ0n) is 10.1. The molecule has 0 radical (unpaired) electrons. The molecule has 0 unspecified atom stereocenters. The lowest BCUT2D eigenvalue weighted by Crippen LogP contribution is -2.29. The summed E-state index contributed by atoms with van der Waals surface area (Å²) in [6.07, 6.45) is 1.43. The van der Waals surface area contributed by atoms with Gasteiger partial charge in [0.25, 0.3) is 17.5 Å². The Kier molecular flexibility index (Phi) is 2.60. The van der Waals surface area contributed by atoms with Crippen LogP contribution in [-0.2, 0) is 6.54 Å². The van der Waals surface area contributed by atoms with Crippen molar-refractivity contribution in [1.29, 1.82) is 0 Å². The van der Waals surface area contributed by atoms with Crippen LogP contribution in [0, 0.1) is 10.1 Å². The van der Waals surface area contributed by atoms with Crippen LogP contribution in [0.2, 0.25) is 0 Å². The molecule has 100 valence electrons. The maximum Gasteiger partial charge on any atom is 0.282 e. The van der Waals surface area contributed by atoms with Crippen LogP contribution in [0.5, 0.6) is 0 Å². The highest BCUT2D eigenvalue weighted by Crippen LogP contribution is 2.31. The maximum atomic E-state index is 12.2. The van der Waals surface area contributed by atoms with E-state index in [0.717, 1.165) is 4.90 Å². The molecule has 7 heteroatoms. The molecular weight excluding hydrogens is 264 g/mol. The summed E-state index contributed by atoms with van der Waals surface area (Å²) in [6, 6.07) is 7.26. The quantitative estimate of drug-likeness (QED) is 0.483. The molecule has 0 N–H and O–H groups in total. The number of fused-ring (bicyclic) bond motifs is 1. The minimum Gasteiger partial charge on any atom is -0.467 e. The Bertz CT molecular complexity index is 720. The fourth-order valence-corrected chi connectivity index (χ4v) is 2.17. The van der Waals surface area contributed by atoms with Crippen molar-refractivity contribution in [2.45, 2.75) is 6.54 Å². The highest BCUT2D eigenvalue weighted by atomic mass is 16.6. The number of nitrogens with zero attached hydrogens (tertiary/aromatic N) is 2. The molecule has 1 aliphatic rings. The summed E-state index contributed by atoms with van der Waals surface area (Å²) in [5.74, 6) is -0.791. The number of amides is 2. The van der Waals surface area contributed by atoms with Crippen LogP contribution in [0.3, 0.4) is 0 Å². The normalized spacial score (nSPS) is 13.7. The van der Waals surface area contributed by atoms with E-state index >= 15 is 0 Å². The molecule has 3 rings (SSSR count). The van der Waals surface area contributed by atoms with Crippen molar-refractivity contribution < 1.29 is 18.9 Å². The van der Waals surface area contributed by atoms with Crippen molar-refractivity contribution >= 4 is 17.5 Å².